The van der Waals surface area contributed by atoms with Crippen LogP contribution in [0.3, 0.4) is 0 Å². The van der Waals surface area contributed by atoms with Crippen molar-refractivity contribution in [1.82, 2.24) is 0 Å². The van der Waals surface area contributed by atoms with E-state index >= 15 is 0 Å². The summed E-state index contributed by atoms with van der Waals surface area (Å²) in [6, 6.07) is 0. The van der Waals surface area contributed by atoms with Crippen LogP contribution in [0.2, 0.25) is 0 Å². The van der Waals surface area contributed by atoms with E-state index in [9.17, 15) is 20.1 Å². The van der Waals surface area contributed by atoms with E-state index in [1.807, 2.05) is 0 Å². The summed E-state index contributed by atoms with van der Waals surface area (Å²) in [7, 11) is 0. The molecule has 3 spiro atoms. The molecule has 9 aliphatic rings. The number of epoxide rings is 1. The SMILES string of the molecule is CC(=O)O[C@H]1C[C@]23C[C@]24CC[C@@H](O[C@H]2OC[C@H](O)[C@@H](O)[C@@H]2O)C(C)(C)[C@H]4CC[C@@H]3[C@@]2(C)C[C@H]3O[C@@]4(C[C@H](C)[C@H]3[C@]12C)OC[C@]1(C)O[C@H]41. The molecule has 5 saturated carbocycles. The smallest absolute Gasteiger partial charge is 0.302 e. The van der Waals surface area contributed by atoms with E-state index in [1.165, 1.54) is 0 Å². The molecular formula is C37H56O10. The molecule has 0 bridgehead atoms. The first-order valence-electron chi connectivity index (χ1n) is 18.5. The summed E-state index contributed by atoms with van der Waals surface area (Å²) in [5.74, 6) is 0.642. The van der Waals surface area contributed by atoms with Gasteiger partial charge in [-0.3, -0.25) is 4.79 Å². The molecule has 18 atom stereocenters. The van der Waals surface area contributed by atoms with E-state index < -0.39 is 30.4 Å². The Bertz CT molecular complexity index is 1360. The summed E-state index contributed by atoms with van der Waals surface area (Å²) in [6.07, 6.45) is 2.89. The molecule has 5 aliphatic carbocycles. The van der Waals surface area contributed by atoms with Crippen LogP contribution in [0.25, 0.3) is 0 Å². The number of aliphatic hydroxyl groups is 3. The average Bonchev–Trinajstić information content (AvgIpc) is 3.81. The van der Waals surface area contributed by atoms with Gasteiger partial charge in [-0.1, -0.05) is 34.6 Å². The van der Waals surface area contributed by atoms with E-state index in [0.717, 1.165) is 51.4 Å². The normalized spacial score (nSPS) is 62.8. The molecule has 3 N–H and O–H groups in total. The van der Waals surface area contributed by atoms with E-state index in [-0.39, 0.29) is 75.6 Å². The molecule has 0 radical (unpaired) electrons. The molecule has 0 aromatic heterocycles. The van der Waals surface area contributed by atoms with Gasteiger partial charge in [0, 0.05) is 18.8 Å². The Morgan fingerprint density at radius 3 is 2.30 bits per heavy atom. The highest BCUT2D eigenvalue weighted by molar-refractivity contribution is 5.66. The number of hydrogen-bond donors (Lipinski definition) is 3. The minimum atomic E-state index is -1.29. The number of rotatable bonds is 3. The van der Waals surface area contributed by atoms with Crippen LogP contribution in [0.1, 0.15) is 99.8 Å². The molecule has 9 rings (SSSR count). The first kappa shape index (κ1) is 32.1. The van der Waals surface area contributed by atoms with Gasteiger partial charge in [0.15, 0.2) is 12.1 Å². The Labute approximate surface area is 278 Å². The van der Waals surface area contributed by atoms with E-state index in [1.54, 1.807) is 6.92 Å². The summed E-state index contributed by atoms with van der Waals surface area (Å²) in [5, 5.41) is 31.0. The Morgan fingerprint density at radius 2 is 1.62 bits per heavy atom. The largest absolute Gasteiger partial charge is 0.462 e. The van der Waals surface area contributed by atoms with Gasteiger partial charge in [-0.05, 0) is 97.2 Å². The number of esters is 1. The number of ether oxygens (including phenoxy) is 6. The average molecular weight is 661 g/mol. The number of hydrogen-bond acceptors (Lipinski definition) is 10. The lowest BCUT2D eigenvalue weighted by atomic mass is 9.41. The van der Waals surface area contributed by atoms with E-state index in [0.29, 0.717) is 24.4 Å². The van der Waals surface area contributed by atoms with Gasteiger partial charge in [0.25, 0.3) is 0 Å². The van der Waals surface area contributed by atoms with Crippen molar-refractivity contribution >= 4 is 5.97 Å². The lowest BCUT2D eigenvalue weighted by molar-refractivity contribution is -0.309. The maximum atomic E-state index is 12.9. The first-order valence-corrected chi connectivity index (χ1v) is 18.5. The standard InChI is InChI=1S/C37H56O10/c1-18-12-37(30-33(6,47-30)17-43-37)46-21-13-32(5)23-9-8-22-31(3,4)24(45-29-28(41)27(40)20(39)15-42-29)10-11-35(22)16-36(23,35)14-25(44-19(2)38)34(32,7)26(18)21/h18,20-30,39-41H,8-17H2,1-7H3/t18-,20-,21+,22+,23+,24+,25-,26+,27+,28-,29+,30-,32+,33-,34-,35-,36+,37+/m0/s1. The van der Waals surface area contributed by atoms with Gasteiger partial charge in [0.2, 0.25) is 0 Å². The lowest BCUT2D eigenvalue weighted by Gasteiger charge is -2.65. The predicted molar refractivity (Wildman–Crippen MR) is 166 cm³/mol. The van der Waals surface area contributed by atoms with Crippen LogP contribution in [-0.2, 0) is 33.2 Å². The Balaban J connectivity index is 1.03. The number of fused-ring (bicyclic) bond motifs is 6. The van der Waals surface area contributed by atoms with Crippen molar-refractivity contribution in [2.75, 3.05) is 13.2 Å². The minimum Gasteiger partial charge on any atom is -0.462 e. The van der Waals surface area contributed by atoms with Gasteiger partial charge < -0.3 is 43.7 Å². The molecule has 4 heterocycles. The summed E-state index contributed by atoms with van der Waals surface area (Å²) < 4.78 is 38.4. The summed E-state index contributed by atoms with van der Waals surface area (Å²) in [6.45, 7) is 16.1. The Kier molecular flexibility index (Phi) is 6.50. The molecule has 0 amide bonds. The monoisotopic (exact) mass is 660 g/mol. The van der Waals surface area contributed by atoms with Crippen LogP contribution in [0.4, 0.5) is 0 Å². The van der Waals surface area contributed by atoms with Crippen LogP contribution in [0.5, 0.6) is 0 Å². The zero-order valence-corrected chi connectivity index (χ0v) is 29.2. The highest BCUT2D eigenvalue weighted by Gasteiger charge is 2.86. The third kappa shape index (κ3) is 3.78. The van der Waals surface area contributed by atoms with Crippen molar-refractivity contribution in [1.29, 1.82) is 0 Å². The highest BCUT2D eigenvalue weighted by Crippen LogP contribution is 2.89. The molecule has 10 heteroatoms. The van der Waals surface area contributed by atoms with Crippen molar-refractivity contribution in [3.8, 4) is 0 Å². The van der Waals surface area contributed by atoms with Crippen LogP contribution >= 0.6 is 0 Å². The Morgan fingerprint density at radius 1 is 0.872 bits per heavy atom. The van der Waals surface area contributed by atoms with Gasteiger partial charge in [-0.15, -0.1) is 0 Å². The fourth-order valence-electron chi connectivity index (χ4n) is 14.6. The maximum Gasteiger partial charge on any atom is 0.302 e. The van der Waals surface area contributed by atoms with Crippen LogP contribution in [0.15, 0.2) is 0 Å². The van der Waals surface area contributed by atoms with Gasteiger partial charge >= 0.3 is 5.97 Å². The fraction of sp³-hybridized carbons (Fsp3) is 0.973. The maximum absolute atomic E-state index is 12.9. The molecule has 47 heavy (non-hydrogen) atoms. The molecule has 4 aliphatic heterocycles. The van der Waals surface area contributed by atoms with Crippen molar-refractivity contribution in [3.05, 3.63) is 0 Å². The van der Waals surface area contributed by atoms with Crippen molar-refractivity contribution in [2.45, 2.75) is 160 Å². The minimum absolute atomic E-state index is 0.00697. The molecular weight excluding hydrogens is 604 g/mol. The predicted octanol–water partition coefficient (Wildman–Crippen LogP) is 3.71. The van der Waals surface area contributed by atoms with Crippen molar-refractivity contribution in [3.63, 3.8) is 0 Å². The van der Waals surface area contributed by atoms with Crippen molar-refractivity contribution < 1.29 is 48.5 Å². The molecule has 0 unspecified atom stereocenters. The third-order valence-corrected chi connectivity index (χ3v) is 16.6. The van der Waals surface area contributed by atoms with Crippen LogP contribution in [-0.4, -0.2) is 94.9 Å². The quantitative estimate of drug-likeness (QED) is 0.234. The molecule has 10 nitrogen and oxygen atoms in total. The summed E-state index contributed by atoms with van der Waals surface area (Å²) in [4.78, 5) is 12.9. The summed E-state index contributed by atoms with van der Waals surface area (Å²) in [5.41, 5.74) is -0.492. The van der Waals surface area contributed by atoms with Gasteiger partial charge in [-0.2, -0.15) is 0 Å². The molecule has 264 valence electrons. The van der Waals surface area contributed by atoms with Crippen LogP contribution in [0, 0.1) is 50.7 Å². The zero-order chi connectivity index (χ0) is 33.3. The highest BCUT2D eigenvalue weighted by atomic mass is 16.8. The van der Waals surface area contributed by atoms with Crippen LogP contribution < -0.4 is 0 Å². The second kappa shape index (κ2) is 9.52. The van der Waals surface area contributed by atoms with Gasteiger partial charge in [0.05, 0.1) is 25.4 Å². The van der Waals surface area contributed by atoms with E-state index in [2.05, 4.69) is 41.5 Å². The number of carbonyl (C=O) groups is 1. The second-order valence-electron chi connectivity index (χ2n) is 18.9. The summed E-state index contributed by atoms with van der Waals surface area (Å²) >= 11 is 0. The number of aliphatic hydroxyl groups excluding tert-OH is 3. The fourth-order valence-corrected chi connectivity index (χ4v) is 14.6. The Hall–Kier alpha value is -0.850. The second-order valence-corrected chi connectivity index (χ2v) is 18.9. The molecule has 0 aromatic rings. The third-order valence-electron chi connectivity index (χ3n) is 16.6. The molecule has 0 aromatic carbocycles. The number of carbonyl (C=O) groups excluding carboxylic acids is 1. The lowest BCUT2D eigenvalue weighted by Crippen LogP contribution is -2.64. The van der Waals surface area contributed by atoms with Crippen molar-refractivity contribution in [2.24, 2.45) is 50.7 Å². The van der Waals surface area contributed by atoms with Gasteiger partial charge in [-0.25, -0.2) is 0 Å². The first-order chi connectivity index (χ1) is 22.0. The molecule has 4 saturated heterocycles. The zero-order valence-electron chi connectivity index (χ0n) is 29.2. The van der Waals surface area contributed by atoms with E-state index in [4.69, 9.17) is 28.4 Å². The van der Waals surface area contributed by atoms with Gasteiger partial charge in [0.1, 0.15) is 36.1 Å². The topological polar surface area (TPSA) is 136 Å². The molecule has 9 fully saturated rings.